The van der Waals surface area contributed by atoms with E-state index in [1.54, 1.807) is 6.92 Å². The molecule has 0 aliphatic rings. The molecule has 1 aromatic rings. The third kappa shape index (κ3) is 3.66. The van der Waals surface area contributed by atoms with Gasteiger partial charge in [0, 0.05) is 6.07 Å². The maximum Gasteiger partial charge on any atom is 0.338 e. The number of Topliss-reactive ketones (excluding diaryl/α,β-unsaturated/α-hetero) is 1. The standard InChI is InChI=1S/C14H15NO7/c1-4-22-13(17)9-5-6-10(11(7-9)15(19)20)12(8(2)16)14(18)21-3/h5-7,12H,4H2,1-3H3. The first kappa shape index (κ1) is 17.3. The van der Waals surface area contributed by atoms with Gasteiger partial charge in [-0.25, -0.2) is 4.79 Å². The Morgan fingerprint density at radius 3 is 2.41 bits per heavy atom. The minimum absolute atomic E-state index is 0.0375. The highest BCUT2D eigenvalue weighted by Gasteiger charge is 2.33. The molecule has 0 amide bonds. The summed E-state index contributed by atoms with van der Waals surface area (Å²) in [5.41, 5.74) is -0.682. The Labute approximate surface area is 126 Å². The SMILES string of the molecule is CCOC(=O)c1ccc(C(C(C)=O)C(=O)OC)c([N+](=O)[O-])c1. The van der Waals surface area contributed by atoms with Gasteiger partial charge in [0.25, 0.3) is 5.69 Å². The third-order valence-corrected chi connectivity index (χ3v) is 2.89. The van der Waals surface area contributed by atoms with Crippen LogP contribution < -0.4 is 0 Å². The van der Waals surface area contributed by atoms with E-state index in [9.17, 15) is 24.5 Å². The third-order valence-electron chi connectivity index (χ3n) is 2.89. The average Bonchev–Trinajstić information content (AvgIpc) is 2.47. The number of nitro benzene ring substituents is 1. The Hall–Kier alpha value is -2.77. The van der Waals surface area contributed by atoms with Crippen molar-refractivity contribution >= 4 is 23.4 Å². The first-order chi connectivity index (χ1) is 10.3. The molecule has 0 bridgehead atoms. The fourth-order valence-corrected chi connectivity index (χ4v) is 1.92. The molecule has 0 fully saturated rings. The molecule has 0 saturated heterocycles. The first-order valence-electron chi connectivity index (χ1n) is 6.37. The van der Waals surface area contributed by atoms with Gasteiger partial charge in [-0.05, 0) is 26.0 Å². The lowest BCUT2D eigenvalue weighted by molar-refractivity contribution is -0.385. The van der Waals surface area contributed by atoms with Crippen molar-refractivity contribution in [2.75, 3.05) is 13.7 Å². The van der Waals surface area contributed by atoms with Crippen LogP contribution in [0.4, 0.5) is 5.69 Å². The van der Waals surface area contributed by atoms with Crippen molar-refractivity contribution in [1.82, 2.24) is 0 Å². The number of hydrogen-bond donors (Lipinski definition) is 0. The first-order valence-corrected chi connectivity index (χ1v) is 6.37. The van der Waals surface area contributed by atoms with Crippen LogP contribution in [0.1, 0.15) is 35.7 Å². The van der Waals surface area contributed by atoms with Gasteiger partial charge in [0.05, 0.1) is 29.8 Å². The van der Waals surface area contributed by atoms with Crippen molar-refractivity contribution in [2.24, 2.45) is 0 Å². The molecule has 0 spiro atoms. The van der Waals surface area contributed by atoms with Crippen molar-refractivity contribution in [3.63, 3.8) is 0 Å². The molecule has 8 heteroatoms. The summed E-state index contributed by atoms with van der Waals surface area (Å²) in [4.78, 5) is 45.4. The zero-order valence-corrected chi connectivity index (χ0v) is 12.3. The lowest BCUT2D eigenvalue weighted by atomic mass is 9.93. The molecule has 0 radical (unpaired) electrons. The zero-order valence-electron chi connectivity index (χ0n) is 12.3. The van der Waals surface area contributed by atoms with E-state index in [2.05, 4.69) is 4.74 Å². The second kappa shape index (κ2) is 7.30. The maximum absolute atomic E-state index is 11.7. The summed E-state index contributed by atoms with van der Waals surface area (Å²) in [6, 6.07) is 3.43. The van der Waals surface area contributed by atoms with Crippen LogP contribution in [0.3, 0.4) is 0 Å². The lowest BCUT2D eigenvalue weighted by Crippen LogP contribution is -2.22. The predicted octanol–water partition coefficient (Wildman–Crippen LogP) is 1.62. The molecule has 0 aromatic heterocycles. The maximum atomic E-state index is 11.7. The number of ketones is 1. The highest BCUT2D eigenvalue weighted by molar-refractivity contribution is 6.04. The number of nitrogens with zero attached hydrogens (tertiary/aromatic N) is 1. The number of benzene rings is 1. The summed E-state index contributed by atoms with van der Waals surface area (Å²) in [7, 11) is 1.08. The van der Waals surface area contributed by atoms with Gasteiger partial charge in [0.1, 0.15) is 11.7 Å². The monoisotopic (exact) mass is 309 g/mol. The van der Waals surface area contributed by atoms with Crippen molar-refractivity contribution < 1.29 is 28.8 Å². The molecule has 22 heavy (non-hydrogen) atoms. The largest absolute Gasteiger partial charge is 0.468 e. The molecule has 1 unspecified atom stereocenters. The summed E-state index contributed by atoms with van der Waals surface area (Å²) < 4.78 is 9.26. The number of hydrogen-bond acceptors (Lipinski definition) is 7. The molecule has 0 saturated carbocycles. The van der Waals surface area contributed by atoms with E-state index in [0.717, 1.165) is 20.1 Å². The minimum atomic E-state index is -1.42. The number of esters is 2. The summed E-state index contributed by atoms with van der Waals surface area (Å²) in [5, 5.41) is 11.2. The van der Waals surface area contributed by atoms with Crippen LogP contribution in [0.5, 0.6) is 0 Å². The quantitative estimate of drug-likeness (QED) is 0.339. The Bertz CT molecular complexity index is 624. The highest BCUT2D eigenvalue weighted by Crippen LogP contribution is 2.29. The van der Waals surface area contributed by atoms with E-state index in [-0.39, 0.29) is 17.7 Å². The van der Waals surface area contributed by atoms with Gasteiger partial charge in [-0.1, -0.05) is 0 Å². The molecule has 1 aromatic carbocycles. The lowest BCUT2D eigenvalue weighted by Gasteiger charge is -2.12. The molecule has 118 valence electrons. The molecule has 0 aliphatic carbocycles. The van der Waals surface area contributed by atoms with Gasteiger partial charge in [0.2, 0.25) is 0 Å². The van der Waals surface area contributed by atoms with Crippen molar-refractivity contribution in [3.05, 3.63) is 39.4 Å². The van der Waals surface area contributed by atoms with Crippen molar-refractivity contribution in [3.8, 4) is 0 Å². The van der Waals surface area contributed by atoms with Crippen molar-refractivity contribution in [1.29, 1.82) is 0 Å². The van der Waals surface area contributed by atoms with E-state index >= 15 is 0 Å². The molecule has 1 atom stereocenters. The normalized spacial score (nSPS) is 11.4. The Kier molecular flexibility index (Phi) is 5.73. The van der Waals surface area contributed by atoms with Crippen LogP contribution in [-0.2, 0) is 19.1 Å². The second-order valence-electron chi connectivity index (χ2n) is 4.32. The van der Waals surface area contributed by atoms with Gasteiger partial charge in [-0.15, -0.1) is 0 Å². The van der Waals surface area contributed by atoms with Crippen LogP contribution in [0, 0.1) is 10.1 Å². The van der Waals surface area contributed by atoms with E-state index < -0.39 is 34.3 Å². The van der Waals surface area contributed by atoms with Crippen LogP contribution in [0.25, 0.3) is 0 Å². The van der Waals surface area contributed by atoms with Gasteiger partial charge in [0.15, 0.2) is 0 Å². The summed E-state index contributed by atoms with van der Waals surface area (Å²) in [5.74, 6) is -3.64. The molecule has 0 N–H and O–H groups in total. The molecular formula is C14H15NO7. The fourth-order valence-electron chi connectivity index (χ4n) is 1.92. The molecular weight excluding hydrogens is 294 g/mol. The van der Waals surface area contributed by atoms with E-state index in [1.165, 1.54) is 12.1 Å². The Morgan fingerprint density at radius 1 is 1.32 bits per heavy atom. The number of carbonyl (C=O) groups excluding carboxylic acids is 3. The van der Waals surface area contributed by atoms with E-state index in [1.807, 2.05) is 0 Å². The van der Waals surface area contributed by atoms with Crippen LogP contribution in [0.2, 0.25) is 0 Å². The fraction of sp³-hybridized carbons (Fsp3) is 0.357. The minimum Gasteiger partial charge on any atom is -0.468 e. The number of carbonyl (C=O) groups is 3. The van der Waals surface area contributed by atoms with Gasteiger partial charge < -0.3 is 9.47 Å². The molecule has 8 nitrogen and oxygen atoms in total. The summed E-state index contributed by atoms with van der Waals surface area (Å²) in [6.07, 6.45) is 0. The van der Waals surface area contributed by atoms with E-state index in [4.69, 9.17) is 4.74 Å². The second-order valence-corrected chi connectivity index (χ2v) is 4.32. The highest BCUT2D eigenvalue weighted by atomic mass is 16.6. The number of ether oxygens (including phenoxy) is 2. The number of nitro groups is 1. The number of methoxy groups -OCH3 is 1. The topological polar surface area (TPSA) is 113 Å². The average molecular weight is 309 g/mol. The molecule has 0 heterocycles. The summed E-state index contributed by atoms with van der Waals surface area (Å²) >= 11 is 0. The van der Waals surface area contributed by atoms with Gasteiger partial charge in [-0.3, -0.25) is 19.7 Å². The molecule has 0 aliphatic heterocycles. The Morgan fingerprint density at radius 2 is 1.95 bits per heavy atom. The van der Waals surface area contributed by atoms with Crippen LogP contribution >= 0.6 is 0 Å². The summed E-state index contributed by atoms with van der Waals surface area (Å²) in [6.45, 7) is 2.85. The smallest absolute Gasteiger partial charge is 0.338 e. The Balaban J connectivity index is 3.41. The van der Waals surface area contributed by atoms with E-state index in [0.29, 0.717) is 0 Å². The van der Waals surface area contributed by atoms with Crippen LogP contribution in [0.15, 0.2) is 18.2 Å². The molecule has 1 rings (SSSR count). The van der Waals surface area contributed by atoms with Gasteiger partial charge in [-0.2, -0.15) is 0 Å². The van der Waals surface area contributed by atoms with Crippen LogP contribution in [-0.4, -0.2) is 36.4 Å². The van der Waals surface area contributed by atoms with Gasteiger partial charge >= 0.3 is 11.9 Å². The predicted molar refractivity (Wildman–Crippen MR) is 74.5 cm³/mol. The van der Waals surface area contributed by atoms with Crippen molar-refractivity contribution in [2.45, 2.75) is 19.8 Å². The number of rotatable bonds is 6. The zero-order chi connectivity index (χ0) is 16.9.